The molecule has 1 fully saturated rings. The SMILES string of the molecule is CC(C)CC1CNCCS1. The van der Waals surface area contributed by atoms with E-state index in [0.29, 0.717) is 0 Å². The quantitative estimate of drug-likeness (QED) is 0.658. The topological polar surface area (TPSA) is 12.0 Å². The van der Waals surface area contributed by atoms with Gasteiger partial charge in [-0.3, -0.25) is 0 Å². The highest BCUT2D eigenvalue weighted by atomic mass is 32.2. The van der Waals surface area contributed by atoms with Gasteiger partial charge in [-0.2, -0.15) is 11.8 Å². The van der Waals surface area contributed by atoms with Gasteiger partial charge in [0.2, 0.25) is 0 Å². The average Bonchev–Trinajstić information content (AvgIpc) is 1.88. The molecular formula is C8H17NS. The van der Waals surface area contributed by atoms with Gasteiger partial charge in [-0.15, -0.1) is 0 Å². The molecule has 0 bridgehead atoms. The fourth-order valence-corrected chi connectivity index (χ4v) is 2.65. The first-order valence-electron chi connectivity index (χ1n) is 4.11. The summed E-state index contributed by atoms with van der Waals surface area (Å²) in [6.07, 6.45) is 1.37. The maximum absolute atomic E-state index is 3.42. The summed E-state index contributed by atoms with van der Waals surface area (Å²) in [5.74, 6) is 2.16. The molecule has 1 aliphatic heterocycles. The van der Waals surface area contributed by atoms with Gasteiger partial charge in [-0.25, -0.2) is 0 Å². The van der Waals surface area contributed by atoms with Crippen molar-refractivity contribution in [2.75, 3.05) is 18.8 Å². The average molecular weight is 159 g/mol. The monoisotopic (exact) mass is 159 g/mol. The predicted octanol–water partition coefficient (Wildman–Crippen LogP) is 1.74. The van der Waals surface area contributed by atoms with Crippen LogP contribution in [0.15, 0.2) is 0 Å². The maximum atomic E-state index is 3.42. The number of nitrogens with one attached hydrogen (secondary N) is 1. The molecule has 0 saturated carbocycles. The second kappa shape index (κ2) is 4.24. The lowest BCUT2D eigenvalue weighted by atomic mass is 10.1. The van der Waals surface area contributed by atoms with Crippen molar-refractivity contribution in [3.63, 3.8) is 0 Å². The summed E-state index contributed by atoms with van der Waals surface area (Å²) in [6.45, 7) is 7.03. The van der Waals surface area contributed by atoms with Gasteiger partial charge in [0.25, 0.3) is 0 Å². The summed E-state index contributed by atoms with van der Waals surface area (Å²) in [5.41, 5.74) is 0. The maximum Gasteiger partial charge on any atom is 0.0175 e. The third-order valence-electron chi connectivity index (χ3n) is 1.74. The Labute approximate surface area is 68.0 Å². The summed E-state index contributed by atoms with van der Waals surface area (Å²) in [7, 11) is 0. The van der Waals surface area contributed by atoms with Crippen LogP contribution in [-0.4, -0.2) is 24.1 Å². The number of hydrogen-bond acceptors (Lipinski definition) is 2. The molecule has 10 heavy (non-hydrogen) atoms. The van der Waals surface area contributed by atoms with Crippen LogP contribution in [0.1, 0.15) is 20.3 Å². The lowest BCUT2D eigenvalue weighted by Gasteiger charge is -2.23. The van der Waals surface area contributed by atoms with Gasteiger partial charge >= 0.3 is 0 Å². The zero-order chi connectivity index (χ0) is 7.40. The summed E-state index contributed by atoms with van der Waals surface area (Å²) < 4.78 is 0. The molecule has 0 aromatic carbocycles. The summed E-state index contributed by atoms with van der Waals surface area (Å²) in [4.78, 5) is 0. The number of thioether (sulfide) groups is 1. The van der Waals surface area contributed by atoms with E-state index in [9.17, 15) is 0 Å². The van der Waals surface area contributed by atoms with E-state index in [2.05, 4.69) is 30.9 Å². The van der Waals surface area contributed by atoms with Crippen LogP contribution < -0.4 is 5.32 Å². The molecule has 1 unspecified atom stereocenters. The molecule has 1 heterocycles. The first-order valence-corrected chi connectivity index (χ1v) is 5.16. The molecule has 1 nitrogen and oxygen atoms in total. The second-order valence-corrected chi connectivity index (χ2v) is 4.73. The van der Waals surface area contributed by atoms with Crippen LogP contribution in [0.3, 0.4) is 0 Å². The third-order valence-corrected chi connectivity index (χ3v) is 3.01. The van der Waals surface area contributed by atoms with Crippen molar-refractivity contribution in [1.29, 1.82) is 0 Å². The second-order valence-electron chi connectivity index (χ2n) is 3.33. The van der Waals surface area contributed by atoms with Crippen LogP contribution in [0, 0.1) is 5.92 Å². The smallest absolute Gasteiger partial charge is 0.0175 e. The highest BCUT2D eigenvalue weighted by Gasteiger charge is 2.13. The van der Waals surface area contributed by atoms with Crippen LogP contribution in [0.2, 0.25) is 0 Å². The number of rotatable bonds is 2. The largest absolute Gasteiger partial charge is 0.315 e. The highest BCUT2D eigenvalue weighted by molar-refractivity contribution is 8.00. The van der Waals surface area contributed by atoms with Crippen molar-refractivity contribution in [3.8, 4) is 0 Å². The molecule has 1 atom stereocenters. The van der Waals surface area contributed by atoms with Crippen molar-refractivity contribution >= 4 is 11.8 Å². The lowest BCUT2D eigenvalue weighted by molar-refractivity contribution is 0.536. The van der Waals surface area contributed by atoms with E-state index < -0.39 is 0 Å². The molecular weight excluding hydrogens is 142 g/mol. The van der Waals surface area contributed by atoms with Crippen molar-refractivity contribution < 1.29 is 0 Å². The first-order chi connectivity index (χ1) is 4.79. The van der Waals surface area contributed by atoms with Crippen molar-refractivity contribution in [2.45, 2.75) is 25.5 Å². The van der Waals surface area contributed by atoms with E-state index in [-0.39, 0.29) is 0 Å². The van der Waals surface area contributed by atoms with Crippen LogP contribution in [-0.2, 0) is 0 Å². The molecule has 0 amide bonds. The molecule has 60 valence electrons. The lowest BCUT2D eigenvalue weighted by Crippen LogP contribution is -2.33. The third kappa shape index (κ3) is 2.93. The van der Waals surface area contributed by atoms with Crippen LogP contribution in [0.4, 0.5) is 0 Å². The van der Waals surface area contributed by atoms with Gasteiger partial charge in [0.05, 0.1) is 0 Å². The minimum atomic E-state index is 0.859. The fraction of sp³-hybridized carbons (Fsp3) is 1.00. The van der Waals surface area contributed by atoms with E-state index in [0.717, 1.165) is 11.2 Å². The number of hydrogen-bond donors (Lipinski definition) is 1. The van der Waals surface area contributed by atoms with Crippen molar-refractivity contribution in [3.05, 3.63) is 0 Å². The molecule has 0 aromatic heterocycles. The van der Waals surface area contributed by atoms with Gasteiger partial charge in [0.1, 0.15) is 0 Å². The molecule has 0 spiro atoms. The van der Waals surface area contributed by atoms with Gasteiger partial charge < -0.3 is 5.32 Å². The van der Waals surface area contributed by atoms with E-state index in [1.54, 1.807) is 0 Å². The standard InChI is InChI=1S/C8H17NS/c1-7(2)5-8-6-9-3-4-10-8/h7-9H,3-6H2,1-2H3. The minimum Gasteiger partial charge on any atom is -0.315 e. The molecule has 1 saturated heterocycles. The zero-order valence-electron chi connectivity index (χ0n) is 6.89. The van der Waals surface area contributed by atoms with E-state index in [1.165, 1.54) is 25.3 Å². The Morgan fingerprint density at radius 1 is 1.60 bits per heavy atom. The molecule has 1 N–H and O–H groups in total. The summed E-state index contributed by atoms with van der Waals surface area (Å²) in [6, 6.07) is 0. The van der Waals surface area contributed by atoms with E-state index in [4.69, 9.17) is 0 Å². The summed E-state index contributed by atoms with van der Waals surface area (Å²) >= 11 is 2.13. The van der Waals surface area contributed by atoms with Gasteiger partial charge in [-0.1, -0.05) is 13.8 Å². The van der Waals surface area contributed by atoms with Crippen molar-refractivity contribution in [2.24, 2.45) is 5.92 Å². The van der Waals surface area contributed by atoms with E-state index in [1.807, 2.05) is 0 Å². The summed E-state index contributed by atoms with van der Waals surface area (Å²) in [5, 5.41) is 4.30. The molecule has 1 aliphatic rings. The van der Waals surface area contributed by atoms with Gasteiger partial charge in [-0.05, 0) is 12.3 Å². The van der Waals surface area contributed by atoms with Gasteiger partial charge in [0, 0.05) is 24.1 Å². The minimum absolute atomic E-state index is 0.859. The van der Waals surface area contributed by atoms with Gasteiger partial charge in [0.15, 0.2) is 0 Å². The van der Waals surface area contributed by atoms with E-state index >= 15 is 0 Å². The molecule has 2 heteroatoms. The van der Waals surface area contributed by atoms with Crippen LogP contribution >= 0.6 is 11.8 Å². The Bertz CT molecular complexity index is 87.3. The normalized spacial score (nSPS) is 27.3. The first kappa shape index (κ1) is 8.41. The Morgan fingerprint density at radius 3 is 2.90 bits per heavy atom. The molecule has 0 radical (unpaired) electrons. The fourth-order valence-electron chi connectivity index (χ4n) is 1.30. The molecule has 0 aromatic rings. The molecule has 1 rings (SSSR count). The highest BCUT2D eigenvalue weighted by Crippen LogP contribution is 2.20. The Kier molecular flexibility index (Phi) is 3.57. The Morgan fingerprint density at radius 2 is 2.40 bits per heavy atom. The molecule has 0 aliphatic carbocycles. The predicted molar refractivity (Wildman–Crippen MR) is 48.6 cm³/mol. The Hall–Kier alpha value is 0.310. The Balaban J connectivity index is 2.13. The van der Waals surface area contributed by atoms with Crippen molar-refractivity contribution in [1.82, 2.24) is 5.32 Å². The van der Waals surface area contributed by atoms with Crippen LogP contribution in [0.25, 0.3) is 0 Å². The van der Waals surface area contributed by atoms with Crippen LogP contribution in [0.5, 0.6) is 0 Å². The zero-order valence-corrected chi connectivity index (χ0v) is 7.71.